The van der Waals surface area contributed by atoms with Crippen molar-refractivity contribution in [2.75, 3.05) is 39.3 Å². The second-order valence-electron chi connectivity index (χ2n) is 9.27. The van der Waals surface area contributed by atoms with Gasteiger partial charge < -0.3 is 20.4 Å². The van der Waals surface area contributed by atoms with Crippen LogP contribution in [0, 0.1) is 17.2 Å². The van der Waals surface area contributed by atoms with Gasteiger partial charge in [0.2, 0.25) is 0 Å². The number of aliphatic imine (C=N–C) groups is 1. The van der Waals surface area contributed by atoms with Crippen LogP contribution in [0.1, 0.15) is 71.6 Å². The number of hydrogen-bond donors (Lipinski definition) is 2. The van der Waals surface area contributed by atoms with Gasteiger partial charge in [-0.15, -0.1) is 0 Å². The number of hydrogen-bond acceptors (Lipinski definition) is 4. The molecule has 168 valence electrons. The fourth-order valence-electron chi connectivity index (χ4n) is 4.95. The fourth-order valence-corrected chi connectivity index (χ4v) is 4.95. The Morgan fingerprint density at radius 2 is 1.86 bits per heavy atom. The van der Waals surface area contributed by atoms with E-state index in [1.165, 1.54) is 51.4 Å². The number of rotatable bonds is 10. The van der Waals surface area contributed by atoms with Crippen LogP contribution in [0.15, 0.2) is 4.99 Å². The van der Waals surface area contributed by atoms with E-state index in [-0.39, 0.29) is 13.5 Å². The normalized spacial score (nSPS) is 24.1. The average molecular weight is 425 g/mol. The summed E-state index contributed by atoms with van der Waals surface area (Å²) in [5.41, 5.74) is 6.21. The number of nitrogens with one attached hydrogen (secondary N) is 1. The van der Waals surface area contributed by atoms with Crippen molar-refractivity contribution in [1.29, 1.82) is 5.41 Å². The molecule has 6 nitrogen and oxygen atoms in total. The van der Waals surface area contributed by atoms with Crippen LogP contribution in [-0.2, 0) is 0 Å². The highest BCUT2D eigenvalue weighted by atomic mass is 32.1. The van der Waals surface area contributed by atoms with Crippen LogP contribution < -0.4 is 5.73 Å². The van der Waals surface area contributed by atoms with Gasteiger partial charge in [0.15, 0.2) is 11.9 Å². The summed E-state index contributed by atoms with van der Waals surface area (Å²) in [6.07, 6.45) is 11.6. The zero-order valence-corrected chi connectivity index (χ0v) is 19.7. The predicted molar refractivity (Wildman–Crippen MR) is 128 cm³/mol. The number of nitrogens with zero attached hydrogens (tertiary/aromatic N) is 4. The van der Waals surface area contributed by atoms with Crippen LogP contribution in [0.5, 0.6) is 0 Å². The van der Waals surface area contributed by atoms with Gasteiger partial charge in [0.05, 0.1) is 12.6 Å². The fraction of sp³-hybridized carbons (Fsp3) is 0.909. The van der Waals surface area contributed by atoms with E-state index in [1.807, 2.05) is 0 Å². The SMILES string of the molecule is CCC(C)CN1CCN(CCCC[C@H]2CN=C(N)N2CC2CCCCC2)C1=N.S. The first-order chi connectivity index (χ1) is 13.6. The molecule has 2 aliphatic heterocycles. The van der Waals surface area contributed by atoms with E-state index in [2.05, 4.69) is 33.5 Å². The maximum Gasteiger partial charge on any atom is 0.193 e. The Labute approximate surface area is 185 Å². The van der Waals surface area contributed by atoms with Crippen LogP contribution in [0.25, 0.3) is 0 Å². The topological polar surface area (TPSA) is 72.0 Å². The van der Waals surface area contributed by atoms with Crippen molar-refractivity contribution >= 4 is 25.4 Å². The molecular weight excluding hydrogens is 380 g/mol. The zero-order valence-electron chi connectivity index (χ0n) is 18.7. The van der Waals surface area contributed by atoms with Gasteiger partial charge in [-0.1, -0.05) is 39.5 Å². The first kappa shape index (κ1) is 24.2. The monoisotopic (exact) mass is 424 g/mol. The molecule has 0 amide bonds. The van der Waals surface area contributed by atoms with Crippen LogP contribution in [-0.4, -0.2) is 71.9 Å². The van der Waals surface area contributed by atoms with E-state index in [0.717, 1.165) is 63.5 Å². The Morgan fingerprint density at radius 1 is 1.14 bits per heavy atom. The molecule has 0 bridgehead atoms. The summed E-state index contributed by atoms with van der Waals surface area (Å²) in [5.74, 6) is 3.00. The van der Waals surface area contributed by atoms with Gasteiger partial charge in [0, 0.05) is 32.7 Å². The Balaban J connectivity index is 0.00000300. The average Bonchev–Trinajstić information content (AvgIpc) is 3.23. The van der Waals surface area contributed by atoms with Crippen molar-refractivity contribution in [2.45, 2.75) is 77.7 Å². The smallest absolute Gasteiger partial charge is 0.193 e. The summed E-state index contributed by atoms with van der Waals surface area (Å²) in [5, 5.41) is 8.44. The van der Waals surface area contributed by atoms with E-state index in [1.54, 1.807) is 0 Å². The van der Waals surface area contributed by atoms with E-state index in [9.17, 15) is 0 Å². The Hall–Kier alpha value is -1.11. The Morgan fingerprint density at radius 3 is 2.59 bits per heavy atom. The van der Waals surface area contributed by atoms with Crippen molar-refractivity contribution in [2.24, 2.45) is 22.6 Å². The third kappa shape index (κ3) is 6.69. The lowest BCUT2D eigenvalue weighted by Gasteiger charge is -2.32. The van der Waals surface area contributed by atoms with Crippen molar-refractivity contribution in [1.82, 2.24) is 14.7 Å². The minimum Gasteiger partial charge on any atom is -0.370 e. The molecule has 0 aromatic rings. The lowest BCUT2D eigenvalue weighted by Crippen LogP contribution is -2.43. The largest absolute Gasteiger partial charge is 0.370 e. The molecule has 0 radical (unpaired) electrons. The molecule has 2 atom stereocenters. The molecule has 0 aromatic carbocycles. The maximum atomic E-state index is 8.44. The summed E-state index contributed by atoms with van der Waals surface area (Å²) in [6, 6.07) is 0.502. The number of guanidine groups is 2. The minimum absolute atomic E-state index is 0. The van der Waals surface area contributed by atoms with Gasteiger partial charge in [0.1, 0.15) is 0 Å². The van der Waals surface area contributed by atoms with Gasteiger partial charge in [-0.25, -0.2) is 0 Å². The van der Waals surface area contributed by atoms with Gasteiger partial charge >= 0.3 is 0 Å². The van der Waals surface area contributed by atoms with Crippen molar-refractivity contribution < 1.29 is 0 Å². The minimum atomic E-state index is 0. The molecule has 3 rings (SSSR count). The molecule has 3 aliphatic rings. The summed E-state index contributed by atoms with van der Waals surface area (Å²) in [7, 11) is 0. The summed E-state index contributed by atoms with van der Waals surface area (Å²) in [6.45, 7) is 10.6. The third-order valence-electron chi connectivity index (χ3n) is 7.06. The van der Waals surface area contributed by atoms with E-state index < -0.39 is 0 Å². The molecule has 1 saturated carbocycles. The molecule has 2 heterocycles. The molecular formula is C22H44N6S. The van der Waals surface area contributed by atoms with Crippen LogP contribution in [0.2, 0.25) is 0 Å². The maximum absolute atomic E-state index is 8.44. The second-order valence-corrected chi connectivity index (χ2v) is 9.27. The van der Waals surface area contributed by atoms with Crippen LogP contribution >= 0.6 is 13.5 Å². The Bertz CT molecular complexity index is 533. The van der Waals surface area contributed by atoms with Crippen molar-refractivity contribution in [3.63, 3.8) is 0 Å². The molecule has 1 saturated heterocycles. The molecule has 0 aromatic heterocycles. The lowest BCUT2D eigenvalue weighted by atomic mass is 9.88. The van der Waals surface area contributed by atoms with Gasteiger partial charge in [-0.3, -0.25) is 10.4 Å². The van der Waals surface area contributed by atoms with E-state index in [0.29, 0.717) is 12.0 Å². The lowest BCUT2D eigenvalue weighted by molar-refractivity contribution is 0.233. The van der Waals surface area contributed by atoms with Crippen molar-refractivity contribution in [3.05, 3.63) is 0 Å². The van der Waals surface area contributed by atoms with Gasteiger partial charge in [-0.05, 0) is 43.9 Å². The summed E-state index contributed by atoms with van der Waals surface area (Å²) >= 11 is 0. The molecule has 0 spiro atoms. The third-order valence-corrected chi connectivity index (χ3v) is 7.06. The standard InChI is InChI=1S/C22H42N6.H2S/c1-3-18(2)16-27-14-13-26(22(27)24)12-8-7-11-20-15-25-21(23)28(20)17-19-9-5-4-6-10-19;/h18-20,24H,3-17H2,1-2H3,(H2,23,25);1H2/t18?,20-;/m0./s1. The Kier molecular flexibility index (Phi) is 9.93. The second kappa shape index (κ2) is 11.9. The van der Waals surface area contributed by atoms with Crippen molar-refractivity contribution in [3.8, 4) is 0 Å². The van der Waals surface area contributed by atoms with Gasteiger partial charge in [-0.2, -0.15) is 13.5 Å². The number of unbranched alkanes of at least 4 members (excludes halogenated alkanes) is 1. The molecule has 1 unspecified atom stereocenters. The quantitative estimate of drug-likeness (QED) is 0.527. The first-order valence-corrected chi connectivity index (χ1v) is 11.7. The number of nitrogens with two attached hydrogens (primary N) is 1. The van der Waals surface area contributed by atoms with Crippen LogP contribution in [0.3, 0.4) is 0 Å². The summed E-state index contributed by atoms with van der Waals surface area (Å²) < 4.78 is 0. The highest BCUT2D eigenvalue weighted by Crippen LogP contribution is 2.27. The first-order valence-electron chi connectivity index (χ1n) is 11.7. The molecule has 2 fully saturated rings. The summed E-state index contributed by atoms with van der Waals surface area (Å²) in [4.78, 5) is 11.5. The van der Waals surface area contributed by atoms with Gasteiger partial charge in [0.25, 0.3) is 0 Å². The van der Waals surface area contributed by atoms with E-state index in [4.69, 9.17) is 11.1 Å². The van der Waals surface area contributed by atoms with E-state index >= 15 is 0 Å². The molecule has 3 N–H and O–H groups in total. The molecule has 1 aliphatic carbocycles. The highest BCUT2D eigenvalue weighted by molar-refractivity contribution is 7.59. The van der Waals surface area contributed by atoms with Crippen LogP contribution in [0.4, 0.5) is 0 Å². The highest BCUT2D eigenvalue weighted by Gasteiger charge is 2.29. The zero-order chi connectivity index (χ0) is 19.9. The predicted octanol–water partition coefficient (Wildman–Crippen LogP) is 3.45. The molecule has 7 heteroatoms. The molecule has 29 heavy (non-hydrogen) atoms.